The second-order valence-corrected chi connectivity index (χ2v) is 5.54. The molecule has 0 aliphatic heterocycles. The molecule has 0 fully saturated rings. The second-order valence-electron chi connectivity index (χ2n) is 3.28. The van der Waals surface area contributed by atoms with Gasteiger partial charge in [0.2, 0.25) is 0 Å². The molecule has 0 saturated carbocycles. The molecule has 0 rings (SSSR count). The lowest BCUT2D eigenvalue weighted by Crippen LogP contribution is -2.39. The minimum absolute atomic E-state index is 0.312. The average Bonchev–Trinajstić information content (AvgIpc) is 2.11. The summed E-state index contributed by atoms with van der Waals surface area (Å²) >= 11 is 0. The first-order chi connectivity index (χ1) is 8.13. The highest BCUT2D eigenvalue weighted by Gasteiger charge is 2.54. The van der Waals surface area contributed by atoms with Gasteiger partial charge in [0.1, 0.15) is 9.84 Å². The molecule has 0 atom stereocenters. The van der Waals surface area contributed by atoms with Gasteiger partial charge in [-0.3, -0.25) is 9.59 Å². The van der Waals surface area contributed by atoms with Gasteiger partial charge >= 0.3 is 23.9 Å². The van der Waals surface area contributed by atoms with Crippen LogP contribution in [0.1, 0.15) is 13.3 Å². The predicted molar refractivity (Wildman–Crippen MR) is 52.1 cm³/mol. The molecule has 19 heavy (non-hydrogen) atoms. The molecule has 0 spiro atoms. The number of Topliss-reactive ketones (excluding diaryl/α,β-unsaturated/α-hetero) is 2. The van der Waals surface area contributed by atoms with Crippen LogP contribution in [-0.2, 0) is 19.4 Å². The van der Waals surface area contributed by atoms with Gasteiger partial charge in [0.15, 0.2) is 0 Å². The fraction of sp³-hybridized carbons (Fsp3) is 0.750. The molecular weight excluding hydrogens is 306 g/mol. The SMILES string of the molecule is CCCS(C)(=O)=O.O=C(C(=O)C(F)(F)F)C(F)(F)F. The summed E-state index contributed by atoms with van der Waals surface area (Å²) in [5, 5.41) is 0. The second kappa shape index (κ2) is 6.87. The summed E-state index contributed by atoms with van der Waals surface area (Å²) in [4.78, 5) is 19.2. The summed E-state index contributed by atoms with van der Waals surface area (Å²) in [5.74, 6) is -6.50. The van der Waals surface area contributed by atoms with Crippen LogP contribution in [0.4, 0.5) is 26.3 Å². The van der Waals surface area contributed by atoms with Crippen molar-refractivity contribution in [2.45, 2.75) is 25.7 Å². The van der Waals surface area contributed by atoms with Gasteiger partial charge in [0.05, 0.1) is 0 Å². The number of sulfone groups is 1. The molecule has 0 amide bonds. The molecule has 11 heteroatoms. The van der Waals surface area contributed by atoms with E-state index in [9.17, 15) is 44.3 Å². The van der Waals surface area contributed by atoms with Gasteiger partial charge in [-0.05, 0) is 6.42 Å². The number of rotatable bonds is 3. The number of hydrogen-bond donors (Lipinski definition) is 0. The topological polar surface area (TPSA) is 68.3 Å². The molecule has 0 aromatic heterocycles. The zero-order valence-corrected chi connectivity index (χ0v) is 10.5. The van der Waals surface area contributed by atoms with Crippen molar-refractivity contribution in [3.05, 3.63) is 0 Å². The zero-order valence-electron chi connectivity index (χ0n) is 9.72. The van der Waals surface area contributed by atoms with E-state index in [1.807, 2.05) is 6.92 Å². The van der Waals surface area contributed by atoms with Crippen molar-refractivity contribution < 1.29 is 44.3 Å². The number of alkyl halides is 6. The zero-order chi connectivity index (χ0) is 16.1. The molecule has 0 aromatic carbocycles. The lowest BCUT2D eigenvalue weighted by atomic mass is 10.2. The van der Waals surface area contributed by atoms with Crippen LogP contribution in [0.25, 0.3) is 0 Å². The lowest BCUT2D eigenvalue weighted by molar-refractivity contribution is -0.193. The smallest absolute Gasteiger partial charge is 0.280 e. The Labute approximate surface area is 104 Å². The first-order valence-electron chi connectivity index (χ1n) is 4.53. The molecule has 4 nitrogen and oxygen atoms in total. The van der Waals surface area contributed by atoms with Crippen LogP contribution in [-0.4, -0.2) is 44.3 Å². The molecule has 0 aliphatic rings. The molecular formula is C8H10F6O4S. The molecule has 0 unspecified atom stereocenters. The lowest BCUT2D eigenvalue weighted by Gasteiger charge is -2.05. The highest BCUT2D eigenvalue weighted by Crippen LogP contribution is 2.23. The summed E-state index contributed by atoms with van der Waals surface area (Å²) in [6.45, 7) is 1.85. The van der Waals surface area contributed by atoms with Gasteiger partial charge in [-0.2, -0.15) is 26.3 Å². The van der Waals surface area contributed by atoms with Crippen molar-refractivity contribution in [2.75, 3.05) is 12.0 Å². The number of hydrogen-bond acceptors (Lipinski definition) is 4. The molecule has 0 aliphatic carbocycles. The molecule has 0 N–H and O–H groups in total. The molecule has 0 aromatic rings. The maximum Gasteiger partial charge on any atom is 0.458 e. The van der Waals surface area contributed by atoms with E-state index < -0.39 is 33.8 Å². The van der Waals surface area contributed by atoms with Crippen molar-refractivity contribution in [2.24, 2.45) is 0 Å². The Bertz CT molecular complexity index is 396. The summed E-state index contributed by atoms with van der Waals surface area (Å²) in [6.07, 6.45) is -9.57. The van der Waals surface area contributed by atoms with E-state index in [2.05, 4.69) is 0 Å². The van der Waals surface area contributed by atoms with E-state index in [0.29, 0.717) is 5.75 Å². The van der Waals surface area contributed by atoms with Gasteiger partial charge < -0.3 is 0 Å². The Morgan fingerprint density at radius 3 is 1.21 bits per heavy atom. The van der Waals surface area contributed by atoms with E-state index in [1.54, 1.807) is 0 Å². The van der Waals surface area contributed by atoms with E-state index in [4.69, 9.17) is 0 Å². The molecule has 0 saturated heterocycles. The van der Waals surface area contributed by atoms with Crippen LogP contribution < -0.4 is 0 Å². The third-order valence-electron chi connectivity index (χ3n) is 1.30. The van der Waals surface area contributed by atoms with Crippen LogP contribution in [0.2, 0.25) is 0 Å². The van der Waals surface area contributed by atoms with Gasteiger partial charge in [-0.15, -0.1) is 0 Å². The fourth-order valence-corrected chi connectivity index (χ4v) is 1.37. The summed E-state index contributed by atoms with van der Waals surface area (Å²) in [6, 6.07) is 0. The van der Waals surface area contributed by atoms with E-state index in [1.165, 1.54) is 6.26 Å². The Hall–Kier alpha value is -1.13. The van der Waals surface area contributed by atoms with Crippen LogP contribution in [0.5, 0.6) is 0 Å². The van der Waals surface area contributed by atoms with Gasteiger partial charge in [0.25, 0.3) is 0 Å². The summed E-state index contributed by atoms with van der Waals surface area (Å²) in [7, 11) is -2.67. The Morgan fingerprint density at radius 1 is 0.895 bits per heavy atom. The van der Waals surface area contributed by atoms with Crippen molar-refractivity contribution >= 4 is 21.4 Å². The standard InChI is InChI=1S/C4F6O2.C4H10O2S/c5-3(6,7)1(11)2(12)4(8,9)10;1-3-4-7(2,5)6/h;3-4H2,1-2H3. The maximum atomic E-state index is 11.2. The quantitative estimate of drug-likeness (QED) is 0.587. The van der Waals surface area contributed by atoms with Gasteiger partial charge in [-0.25, -0.2) is 8.42 Å². The number of carbonyl (C=O) groups is 2. The third kappa shape index (κ3) is 10.5. The van der Waals surface area contributed by atoms with Crippen molar-refractivity contribution in [3.8, 4) is 0 Å². The Morgan fingerprint density at radius 2 is 1.16 bits per heavy atom. The highest BCUT2D eigenvalue weighted by molar-refractivity contribution is 7.90. The van der Waals surface area contributed by atoms with Crippen molar-refractivity contribution in [1.29, 1.82) is 0 Å². The highest BCUT2D eigenvalue weighted by atomic mass is 32.2. The average molecular weight is 316 g/mol. The fourth-order valence-electron chi connectivity index (χ4n) is 0.628. The minimum Gasteiger partial charge on any atom is -0.280 e. The number of ketones is 2. The number of halogens is 6. The van der Waals surface area contributed by atoms with E-state index >= 15 is 0 Å². The van der Waals surface area contributed by atoms with Crippen LogP contribution in [0, 0.1) is 0 Å². The molecule has 0 radical (unpaired) electrons. The maximum absolute atomic E-state index is 11.2. The van der Waals surface area contributed by atoms with Crippen molar-refractivity contribution in [1.82, 2.24) is 0 Å². The van der Waals surface area contributed by atoms with Crippen LogP contribution in [0.3, 0.4) is 0 Å². The Balaban J connectivity index is 0. The summed E-state index contributed by atoms with van der Waals surface area (Å²) in [5.41, 5.74) is 0. The van der Waals surface area contributed by atoms with Crippen LogP contribution >= 0.6 is 0 Å². The predicted octanol–water partition coefficient (Wildman–Crippen LogP) is 1.69. The summed E-state index contributed by atoms with van der Waals surface area (Å²) < 4.78 is 87.4. The van der Waals surface area contributed by atoms with E-state index in [0.717, 1.165) is 6.42 Å². The van der Waals surface area contributed by atoms with Gasteiger partial charge in [-0.1, -0.05) is 6.92 Å². The van der Waals surface area contributed by atoms with Crippen molar-refractivity contribution in [3.63, 3.8) is 0 Å². The largest absolute Gasteiger partial charge is 0.458 e. The van der Waals surface area contributed by atoms with Crippen LogP contribution in [0.15, 0.2) is 0 Å². The molecule has 0 heterocycles. The van der Waals surface area contributed by atoms with Gasteiger partial charge in [0, 0.05) is 12.0 Å². The first kappa shape index (κ1) is 20.2. The molecule has 0 bridgehead atoms. The third-order valence-corrected chi connectivity index (χ3v) is 2.45. The normalized spacial score (nSPS) is 12.4. The minimum atomic E-state index is -5.77. The first-order valence-corrected chi connectivity index (χ1v) is 6.59. The number of carbonyl (C=O) groups excluding carboxylic acids is 2. The molecule has 114 valence electrons. The monoisotopic (exact) mass is 316 g/mol. The Kier molecular flexibility index (Phi) is 7.30. The van der Waals surface area contributed by atoms with E-state index in [-0.39, 0.29) is 0 Å².